The smallest absolute Gasteiger partial charge is 0.121 e. The summed E-state index contributed by atoms with van der Waals surface area (Å²) in [7, 11) is 0. The highest BCUT2D eigenvalue weighted by Crippen LogP contribution is 2.21. The summed E-state index contributed by atoms with van der Waals surface area (Å²) < 4.78 is 0. The van der Waals surface area contributed by atoms with Crippen molar-refractivity contribution in [1.29, 1.82) is 0 Å². The van der Waals surface area contributed by atoms with Crippen molar-refractivity contribution in [2.45, 2.75) is 32.8 Å². The molecule has 0 radical (unpaired) electrons. The van der Waals surface area contributed by atoms with Gasteiger partial charge in [-0.05, 0) is 25.8 Å². The fraction of sp³-hybridized carbons (Fsp3) is 0.714. The highest BCUT2D eigenvalue weighted by molar-refractivity contribution is 5.06. The summed E-state index contributed by atoms with van der Waals surface area (Å²) in [4.78, 5) is 4.25. The molecule has 0 aliphatic carbocycles. The quantitative estimate of drug-likeness (QED) is 0.360. The monoisotopic (exact) mass is 130 g/mol. The Morgan fingerprint density at radius 2 is 2.22 bits per heavy atom. The Morgan fingerprint density at radius 1 is 1.78 bits per heavy atom. The summed E-state index contributed by atoms with van der Waals surface area (Å²) in [6, 6.07) is 0. The van der Waals surface area contributed by atoms with Gasteiger partial charge < -0.3 is 0 Å². The number of hydrogen-bond donors (Lipinski definition) is 1. The summed E-state index contributed by atoms with van der Waals surface area (Å²) in [6.45, 7) is 9.25. The van der Waals surface area contributed by atoms with Gasteiger partial charge in [-0.3, -0.25) is 5.26 Å². The molecular weight excluding hydrogens is 116 g/mol. The van der Waals surface area contributed by atoms with Gasteiger partial charge in [-0.1, -0.05) is 13.5 Å². The molecule has 0 aromatic carbocycles. The lowest BCUT2D eigenvalue weighted by molar-refractivity contribution is -0.306. The Labute approximate surface area is 56.1 Å². The molecule has 0 saturated heterocycles. The van der Waals surface area contributed by atoms with Crippen LogP contribution in [0.15, 0.2) is 12.2 Å². The van der Waals surface area contributed by atoms with Crippen LogP contribution in [0.25, 0.3) is 0 Å². The van der Waals surface area contributed by atoms with Crippen molar-refractivity contribution in [2.24, 2.45) is 0 Å². The molecule has 0 spiro atoms. The zero-order valence-electron chi connectivity index (χ0n) is 6.27. The molecule has 9 heavy (non-hydrogen) atoms. The first-order valence-corrected chi connectivity index (χ1v) is 3.05. The van der Waals surface area contributed by atoms with Crippen LogP contribution in [-0.4, -0.2) is 10.9 Å². The van der Waals surface area contributed by atoms with Gasteiger partial charge in [0.1, 0.15) is 5.60 Å². The minimum absolute atomic E-state index is 0.556. The third-order valence-electron chi connectivity index (χ3n) is 1.78. The Morgan fingerprint density at radius 3 is 2.22 bits per heavy atom. The molecule has 0 aromatic heterocycles. The van der Waals surface area contributed by atoms with Crippen LogP contribution in [0, 0.1) is 0 Å². The summed E-state index contributed by atoms with van der Waals surface area (Å²) in [5, 5.41) is 8.39. The molecule has 0 aromatic rings. The summed E-state index contributed by atoms with van der Waals surface area (Å²) >= 11 is 0. The predicted octanol–water partition coefficient (Wildman–Crippen LogP) is 2.22. The van der Waals surface area contributed by atoms with E-state index >= 15 is 0 Å². The molecule has 0 aliphatic heterocycles. The van der Waals surface area contributed by atoms with Gasteiger partial charge in [0, 0.05) is 0 Å². The van der Waals surface area contributed by atoms with Gasteiger partial charge in [0.15, 0.2) is 0 Å². The fourth-order valence-corrected chi connectivity index (χ4v) is 0.444. The second-order valence-corrected chi connectivity index (χ2v) is 2.46. The lowest BCUT2D eigenvalue weighted by Gasteiger charge is -2.23. The van der Waals surface area contributed by atoms with Crippen LogP contribution in [0.5, 0.6) is 0 Å². The molecule has 1 atom stereocenters. The summed E-state index contributed by atoms with van der Waals surface area (Å²) in [5.74, 6) is 0. The number of hydrogen-bond acceptors (Lipinski definition) is 2. The van der Waals surface area contributed by atoms with Crippen LogP contribution < -0.4 is 0 Å². The van der Waals surface area contributed by atoms with Gasteiger partial charge in [0.05, 0.1) is 0 Å². The van der Waals surface area contributed by atoms with Crippen LogP contribution in [0.3, 0.4) is 0 Å². The molecule has 0 rings (SSSR count). The van der Waals surface area contributed by atoms with E-state index < -0.39 is 5.60 Å². The zero-order valence-corrected chi connectivity index (χ0v) is 6.27. The lowest BCUT2D eigenvalue weighted by atomic mass is 9.96. The minimum atomic E-state index is -0.556. The fourth-order valence-electron chi connectivity index (χ4n) is 0.444. The Hall–Kier alpha value is -0.340. The van der Waals surface area contributed by atoms with Crippen LogP contribution in [-0.2, 0) is 4.89 Å². The van der Waals surface area contributed by atoms with Crippen molar-refractivity contribution < 1.29 is 10.1 Å². The zero-order chi connectivity index (χ0) is 7.49. The van der Waals surface area contributed by atoms with Gasteiger partial charge >= 0.3 is 0 Å². The third kappa shape index (κ3) is 1.80. The average molecular weight is 130 g/mol. The molecule has 1 unspecified atom stereocenters. The lowest BCUT2D eigenvalue weighted by Crippen LogP contribution is -2.27. The summed E-state index contributed by atoms with van der Waals surface area (Å²) in [6.07, 6.45) is 0.735. The first-order valence-electron chi connectivity index (χ1n) is 3.05. The van der Waals surface area contributed by atoms with Crippen molar-refractivity contribution in [1.82, 2.24) is 0 Å². The average Bonchev–Trinajstić information content (AvgIpc) is 1.86. The Balaban J connectivity index is 4.09. The highest BCUT2D eigenvalue weighted by atomic mass is 17.1. The molecule has 0 aliphatic rings. The Kier molecular flexibility index (Phi) is 2.88. The van der Waals surface area contributed by atoms with E-state index in [9.17, 15) is 0 Å². The van der Waals surface area contributed by atoms with E-state index in [1.54, 1.807) is 6.92 Å². The maximum atomic E-state index is 8.39. The standard InChI is InChI=1S/C7H14O2/c1-5-7(4,9-8)6(2)3/h8H,2,5H2,1,3-4H3. The molecule has 0 bridgehead atoms. The second kappa shape index (κ2) is 2.99. The molecule has 2 heteroatoms. The topological polar surface area (TPSA) is 29.5 Å². The van der Waals surface area contributed by atoms with E-state index in [-0.39, 0.29) is 0 Å². The van der Waals surface area contributed by atoms with Crippen molar-refractivity contribution in [3.63, 3.8) is 0 Å². The maximum absolute atomic E-state index is 8.39. The van der Waals surface area contributed by atoms with Gasteiger partial charge in [-0.15, -0.1) is 0 Å². The van der Waals surface area contributed by atoms with Gasteiger partial charge in [-0.25, -0.2) is 4.89 Å². The van der Waals surface area contributed by atoms with Crippen LogP contribution >= 0.6 is 0 Å². The maximum Gasteiger partial charge on any atom is 0.121 e. The van der Waals surface area contributed by atoms with Crippen molar-refractivity contribution in [2.75, 3.05) is 0 Å². The summed E-state index contributed by atoms with van der Waals surface area (Å²) in [5.41, 5.74) is 0.285. The van der Waals surface area contributed by atoms with E-state index in [0.717, 1.165) is 12.0 Å². The van der Waals surface area contributed by atoms with Crippen LogP contribution in [0.2, 0.25) is 0 Å². The molecule has 0 saturated carbocycles. The first-order chi connectivity index (χ1) is 4.06. The molecule has 0 amide bonds. The van der Waals surface area contributed by atoms with E-state index in [1.165, 1.54) is 0 Å². The van der Waals surface area contributed by atoms with Gasteiger partial charge in [0.2, 0.25) is 0 Å². The van der Waals surface area contributed by atoms with Crippen molar-refractivity contribution in [3.05, 3.63) is 12.2 Å². The van der Waals surface area contributed by atoms with E-state index in [2.05, 4.69) is 11.5 Å². The van der Waals surface area contributed by atoms with Gasteiger partial charge in [-0.2, -0.15) is 0 Å². The van der Waals surface area contributed by atoms with Crippen LogP contribution in [0.1, 0.15) is 27.2 Å². The largest absolute Gasteiger partial charge is 0.251 e. The number of rotatable bonds is 3. The third-order valence-corrected chi connectivity index (χ3v) is 1.78. The second-order valence-electron chi connectivity index (χ2n) is 2.46. The van der Waals surface area contributed by atoms with Gasteiger partial charge in [0.25, 0.3) is 0 Å². The predicted molar refractivity (Wildman–Crippen MR) is 37.2 cm³/mol. The molecular formula is C7H14O2. The highest BCUT2D eigenvalue weighted by Gasteiger charge is 2.23. The molecule has 1 N–H and O–H groups in total. The van der Waals surface area contributed by atoms with E-state index in [4.69, 9.17) is 5.26 Å². The van der Waals surface area contributed by atoms with Crippen LogP contribution in [0.4, 0.5) is 0 Å². The minimum Gasteiger partial charge on any atom is -0.251 e. The van der Waals surface area contributed by atoms with Crippen molar-refractivity contribution >= 4 is 0 Å². The van der Waals surface area contributed by atoms with Crippen molar-refractivity contribution in [3.8, 4) is 0 Å². The molecule has 0 fully saturated rings. The van der Waals surface area contributed by atoms with E-state index in [1.807, 2.05) is 13.8 Å². The molecule has 54 valence electrons. The first kappa shape index (κ1) is 8.66. The SMILES string of the molecule is C=C(C)C(C)(CC)OO. The normalized spacial score (nSPS) is 16.9. The molecule has 0 heterocycles. The Bertz CT molecular complexity index is 103. The van der Waals surface area contributed by atoms with E-state index in [0.29, 0.717) is 0 Å². The molecule has 2 nitrogen and oxygen atoms in total.